The Morgan fingerprint density at radius 2 is 1.65 bits per heavy atom. The second-order valence-electron chi connectivity index (χ2n) is 6.51. The molecule has 2 aromatic rings. The van der Waals surface area contributed by atoms with Crippen molar-refractivity contribution < 1.29 is 14.3 Å². The molecule has 1 fully saturated rings. The molecular formula is C21H26N2O3. The third kappa shape index (κ3) is 4.55. The third-order valence-electron chi connectivity index (χ3n) is 4.73. The number of carbonyl (C=O) groups is 1. The van der Waals surface area contributed by atoms with E-state index in [1.165, 1.54) is 5.56 Å². The molecule has 0 N–H and O–H groups in total. The molecule has 0 unspecified atom stereocenters. The molecule has 26 heavy (non-hydrogen) atoms. The number of nitrogens with zero attached hydrogens (tertiary/aromatic N) is 2. The summed E-state index contributed by atoms with van der Waals surface area (Å²) in [7, 11) is 3.30. The monoisotopic (exact) mass is 354 g/mol. The van der Waals surface area contributed by atoms with E-state index in [4.69, 9.17) is 9.47 Å². The summed E-state index contributed by atoms with van der Waals surface area (Å²) >= 11 is 0. The van der Waals surface area contributed by atoms with Crippen LogP contribution in [-0.2, 0) is 6.54 Å². The lowest BCUT2D eigenvalue weighted by atomic mass is 10.2. The van der Waals surface area contributed by atoms with E-state index in [0.717, 1.165) is 44.9 Å². The van der Waals surface area contributed by atoms with Gasteiger partial charge in [0, 0.05) is 38.3 Å². The highest BCUT2D eigenvalue weighted by Crippen LogP contribution is 2.18. The first-order valence-corrected chi connectivity index (χ1v) is 8.98. The Morgan fingerprint density at radius 3 is 2.42 bits per heavy atom. The zero-order valence-corrected chi connectivity index (χ0v) is 15.5. The fourth-order valence-electron chi connectivity index (χ4n) is 3.30. The minimum absolute atomic E-state index is 0.0760. The molecule has 2 aromatic carbocycles. The van der Waals surface area contributed by atoms with Gasteiger partial charge in [0.25, 0.3) is 5.91 Å². The highest BCUT2D eigenvalue weighted by atomic mass is 16.5. The summed E-state index contributed by atoms with van der Waals surface area (Å²) in [6.07, 6.45) is 0.972. The molecule has 0 saturated carbocycles. The molecule has 1 aliphatic rings. The molecule has 0 aliphatic carbocycles. The van der Waals surface area contributed by atoms with E-state index in [2.05, 4.69) is 17.0 Å². The van der Waals surface area contributed by atoms with E-state index >= 15 is 0 Å². The van der Waals surface area contributed by atoms with Gasteiger partial charge in [-0.05, 0) is 42.3 Å². The molecule has 0 atom stereocenters. The van der Waals surface area contributed by atoms with E-state index in [9.17, 15) is 4.79 Å². The quantitative estimate of drug-likeness (QED) is 0.828. The first-order chi connectivity index (χ1) is 12.7. The summed E-state index contributed by atoms with van der Waals surface area (Å²) in [5.74, 6) is 1.67. The van der Waals surface area contributed by atoms with Crippen LogP contribution in [0.2, 0.25) is 0 Å². The second kappa shape index (κ2) is 8.72. The molecule has 1 saturated heterocycles. The predicted octanol–water partition coefficient (Wildman–Crippen LogP) is 3.05. The standard InChI is InChI=1S/C21H26N2O3/c1-25-19-8-3-6-17(14-19)16-22-10-5-11-23(13-12-22)21(24)18-7-4-9-20(15-18)26-2/h3-4,6-9,14-15H,5,10-13,16H2,1-2H3. The zero-order chi connectivity index (χ0) is 18.4. The van der Waals surface area contributed by atoms with Crippen LogP contribution in [0.5, 0.6) is 11.5 Å². The number of amides is 1. The smallest absolute Gasteiger partial charge is 0.254 e. The van der Waals surface area contributed by atoms with Crippen LogP contribution in [0.4, 0.5) is 0 Å². The van der Waals surface area contributed by atoms with Crippen LogP contribution in [0.3, 0.4) is 0 Å². The molecule has 138 valence electrons. The highest BCUT2D eigenvalue weighted by molar-refractivity contribution is 5.94. The topological polar surface area (TPSA) is 42.0 Å². The number of rotatable bonds is 5. The van der Waals surface area contributed by atoms with Crippen molar-refractivity contribution in [1.29, 1.82) is 0 Å². The lowest BCUT2D eigenvalue weighted by molar-refractivity contribution is 0.0760. The van der Waals surface area contributed by atoms with Crippen LogP contribution in [0.25, 0.3) is 0 Å². The zero-order valence-electron chi connectivity index (χ0n) is 15.5. The van der Waals surface area contributed by atoms with Crippen LogP contribution in [0.1, 0.15) is 22.3 Å². The van der Waals surface area contributed by atoms with Crippen LogP contribution in [0, 0.1) is 0 Å². The van der Waals surface area contributed by atoms with Gasteiger partial charge in [0.1, 0.15) is 11.5 Å². The van der Waals surface area contributed by atoms with Crippen molar-refractivity contribution in [2.45, 2.75) is 13.0 Å². The van der Waals surface area contributed by atoms with Crippen molar-refractivity contribution in [3.8, 4) is 11.5 Å². The Bertz CT molecular complexity index is 748. The molecule has 1 amide bonds. The van der Waals surface area contributed by atoms with Gasteiger partial charge in [-0.3, -0.25) is 9.69 Å². The van der Waals surface area contributed by atoms with E-state index in [0.29, 0.717) is 11.3 Å². The number of hydrogen-bond acceptors (Lipinski definition) is 4. The molecule has 0 spiro atoms. The van der Waals surface area contributed by atoms with Crippen molar-refractivity contribution in [2.24, 2.45) is 0 Å². The molecule has 1 heterocycles. The van der Waals surface area contributed by atoms with E-state index in [1.54, 1.807) is 20.3 Å². The molecular weight excluding hydrogens is 328 g/mol. The number of methoxy groups -OCH3 is 2. The summed E-state index contributed by atoms with van der Waals surface area (Å²) in [6, 6.07) is 15.5. The maximum absolute atomic E-state index is 12.8. The Kier molecular flexibility index (Phi) is 6.12. The van der Waals surface area contributed by atoms with Crippen LogP contribution in [-0.4, -0.2) is 56.1 Å². The summed E-state index contributed by atoms with van der Waals surface area (Å²) in [5, 5.41) is 0. The number of benzene rings is 2. The lowest BCUT2D eigenvalue weighted by Crippen LogP contribution is -2.35. The first kappa shape index (κ1) is 18.3. The minimum Gasteiger partial charge on any atom is -0.497 e. The summed E-state index contributed by atoms with van der Waals surface area (Å²) in [6.45, 7) is 4.25. The summed E-state index contributed by atoms with van der Waals surface area (Å²) in [4.78, 5) is 17.1. The van der Waals surface area contributed by atoms with E-state index in [-0.39, 0.29) is 5.91 Å². The highest BCUT2D eigenvalue weighted by Gasteiger charge is 2.20. The summed E-state index contributed by atoms with van der Waals surface area (Å²) in [5.41, 5.74) is 1.92. The second-order valence-corrected chi connectivity index (χ2v) is 6.51. The lowest BCUT2D eigenvalue weighted by Gasteiger charge is -2.22. The Hall–Kier alpha value is -2.53. The SMILES string of the molecule is COc1cccc(CN2CCCN(C(=O)c3cccc(OC)c3)CC2)c1. The van der Waals surface area contributed by atoms with Crippen LogP contribution >= 0.6 is 0 Å². The van der Waals surface area contributed by atoms with Crippen LogP contribution < -0.4 is 9.47 Å². The molecule has 3 rings (SSSR count). The molecule has 0 radical (unpaired) electrons. The Morgan fingerprint density at radius 1 is 0.923 bits per heavy atom. The van der Waals surface area contributed by atoms with Crippen LogP contribution in [0.15, 0.2) is 48.5 Å². The van der Waals surface area contributed by atoms with Gasteiger partial charge in [-0.2, -0.15) is 0 Å². The number of carbonyl (C=O) groups excluding carboxylic acids is 1. The van der Waals surface area contributed by atoms with Gasteiger partial charge in [-0.1, -0.05) is 18.2 Å². The average molecular weight is 354 g/mol. The Labute approximate surface area is 155 Å². The first-order valence-electron chi connectivity index (χ1n) is 8.98. The summed E-state index contributed by atoms with van der Waals surface area (Å²) < 4.78 is 10.5. The van der Waals surface area contributed by atoms with Gasteiger partial charge >= 0.3 is 0 Å². The maximum atomic E-state index is 12.8. The average Bonchev–Trinajstić information content (AvgIpc) is 2.93. The molecule has 0 aromatic heterocycles. The fourth-order valence-corrected chi connectivity index (χ4v) is 3.30. The minimum atomic E-state index is 0.0760. The van der Waals surface area contributed by atoms with Gasteiger partial charge < -0.3 is 14.4 Å². The van der Waals surface area contributed by atoms with Crippen molar-refractivity contribution in [3.05, 3.63) is 59.7 Å². The van der Waals surface area contributed by atoms with Gasteiger partial charge in [0.15, 0.2) is 0 Å². The van der Waals surface area contributed by atoms with Gasteiger partial charge in [-0.25, -0.2) is 0 Å². The third-order valence-corrected chi connectivity index (χ3v) is 4.73. The van der Waals surface area contributed by atoms with Crippen molar-refractivity contribution in [1.82, 2.24) is 9.80 Å². The van der Waals surface area contributed by atoms with Gasteiger partial charge in [0.05, 0.1) is 14.2 Å². The number of hydrogen-bond donors (Lipinski definition) is 0. The molecule has 5 nitrogen and oxygen atoms in total. The van der Waals surface area contributed by atoms with E-state index < -0.39 is 0 Å². The molecule has 0 bridgehead atoms. The molecule has 1 aliphatic heterocycles. The van der Waals surface area contributed by atoms with Crippen molar-refractivity contribution in [2.75, 3.05) is 40.4 Å². The van der Waals surface area contributed by atoms with Gasteiger partial charge in [-0.15, -0.1) is 0 Å². The van der Waals surface area contributed by atoms with E-state index in [1.807, 2.05) is 35.2 Å². The normalized spacial score (nSPS) is 15.4. The van der Waals surface area contributed by atoms with Crippen molar-refractivity contribution >= 4 is 5.91 Å². The maximum Gasteiger partial charge on any atom is 0.254 e. The predicted molar refractivity (Wildman–Crippen MR) is 102 cm³/mol. The molecule has 5 heteroatoms. The van der Waals surface area contributed by atoms with Gasteiger partial charge in [0.2, 0.25) is 0 Å². The number of ether oxygens (including phenoxy) is 2. The van der Waals surface area contributed by atoms with Crippen molar-refractivity contribution in [3.63, 3.8) is 0 Å². The fraction of sp³-hybridized carbons (Fsp3) is 0.381. The Balaban J connectivity index is 1.61. The largest absolute Gasteiger partial charge is 0.497 e.